The van der Waals surface area contributed by atoms with Gasteiger partial charge < -0.3 is 9.47 Å². The molecule has 0 aliphatic carbocycles. The number of ether oxygens (including phenoxy) is 2. The highest BCUT2D eigenvalue weighted by atomic mass is 79.9. The summed E-state index contributed by atoms with van der Waals surface area (Å²) >= 11 is 3.44. The minimum Gasteiger partial charge on any atom is -0.493 e. The van der Waals surface area contributed by atoms with Crippen LogP contribution in [-0.4, -0.2) is 18.6 Å². The van der Waals surface area contributed by atoms with E-state index in [-0.39, 0.29) is 5.69 Å². The van der Waals surface area contributed by atoms with Crippen LogP contribution in [0.1, 0.15) is 18.1 Å². The first-order valence-electron chi connectivity index (χ1n) is 7.37. The van der Waals surface area contributed by atoms with Crippen LogP contribution >= 0.6 is 15.9 Å². The summed E-state index contributed by atoms with van der Waals surface area (Å²) in [6.45, 7) is 2.37. The first-order chi connectivity index (χ1) is 12.0. The standard InChI is InChI=1S/C18H15BrN2O4/c1-3-25-18-16(19)9-12(10-17(18)24-2)8-14(11-20)13-4-6-15(7-5-13)21(22)23/h4-10H,3H2,1-2H3/b14-8-. The molecule has 25 heavy (non-hydrogen) atoms. The lowest BCUT2D eigenvalue weighted by atomic mass is 10.0. The van der Waals surface area contributed by atoms with Gasteiger partial charge in [0.1, 0.15) is 0 Å². The van der Waals surface area contributed by atoms with Crippen LogP contribution in [0, 0.1) is 21.4 Å². The molecule has 0 bridgehead atoms. The van der Waals surface area contributed by atoms with Crippen molar-refractivity contribution in [2.24, 2.45) is 0 Å². The van der Waals surface area contributed by atoms with E-state index in [4.69, 9.17) is 9.47 Å². The fourth-order valence-corrected chi connectivity index (χ4v) is 2.79. The number of nitriles is 1. The Morgan fingerprint density at radius 1 is 1.36 bits per heavy atom. The Bertz CT molecular complexity index is 855. The van der Waals surface area contributed by atoms with Crippen LogP contribution in [0.3, 0.4) is 0 Å². The van der Waals surface area contributed by atoms with E-state index in [2.05, 4.69) is 22.0 Å². The third-order valence-electron chi connectivity index (χ3n) is 3.36. The Balaban J connectivity index is 2.44. The molecule has 2 rings (SSSR count). The van der Waals surface area contributed by atoms with Crippen LogP contribution < -0.4 is 9.47 Å². The average Bonchev–Trinajstić information content (AvgIpc) is 2.61. The van der Waals surface area contributed by atoms with Gasteiger partial charge in [0.25, 0.3) is 5.69 Å². The summed E-state index contributed by atoms with van der Waals surface area (Å²) < 4.78 is 11.6. The Hall–Kier alpha value is -2.85. The summed E-state index contributed by atoms with van der Waals surface area (Å²) in [4.78, 5) is 10.3. The van der Waals surface area contributed by atoms with E-state index in [1.54, 1.807) is 31.4 Å². The van der Waals surface area contributed by atoms with Gasteiger partial charge in [-0.2, -0.15) is 5.26 Å². The number of hydrogen-bond donors (Lipinski definition) is 0. The second-order valence-corrected chi connectivity index (χ2v) is 5.80. The van der Waals surface area contributed by atoms with Gasteiger partial charge in [0.2, 0.25) is 0 Å². The maximum absolute atomic E-state index is 10.7. The number of nitrogens with zero attached hydrogens (tertiary/aromatic N) is 2. The molecule has 0 saturated heterocycles. The highest BCUT2D eigenvalue weighted by Crippen LogP contribution is 2.37. The molecule has 0 spiro atoms. The molecule has 0 atom stereocenters. The number of non-ortho nitro benzene ring substituents is 1. The van der Waals surface area contributed by atoms with Gasteiger partial charge >= 0.3 is 0 Å². The van der Waals surface area contributed by atoms with E-state index in [0.29, 0.717) is 33.7 Å². The van der Waals surface area contributed by atoms with Crippen molar-refractivity contribution in [3.8, 4) is 17.6 Å². The van der Waals surface area contributed by atoms with Crippen LogP contribution in [0.2, 0.25) is 0 Å². The lowest BCUT2D eigenvalue weighted by molar-refractivity contribution is -0.384. The highest BCUT2D eigenvalue weighted by Gasteiger charge is 2.12. The monoisotopic (exact) mass is 402 g/mol. The van der Waals surface area contributed by atoms with Crippen molar-refractivity contribution in [1.82, 2.24) is 0 Å². The van der Waals surface area contributed by atoms with Crippen molar-refractivity contribution >= 4 is 33.3 Å². The van der Waals surface area contributed by atoms with Gasteiger partial charge in [-0.3, -0.25) is 10.1 Å². The van der Waals surface area contributed by atoms with Crippen LogP contribution in [-0.2, 0) is 0 Å². The first kappa shape index (κ1) is 18.5. The summed E-state index contributed by atoms with van der Waals surface area (Å²) in [7, 11) is 1.54. The van der Waals surface area contributed by atoms with Crippen molar-refractivity contribution in [1.29, 1.82) is 5.26 Å². The molecule has 2 aromatic rings. The second kappa shape index (κ2) is 8.31. The molecule has 0 aliphatic heterocycles. The fourth-order valence-electron chi connectivity index (χ4n) is 2.22. The van der Waals surface area contributed by atoms with Crippen LogP contribution in [0.15, 0.2) is 40.9 Å². The number of hydrogen-bond acceptors (Lipinski definition) is 5. The van der Waals surface area contributed by atoms with Gasteiger partial charge in [0.15, 0.2) is 11.5 Å². The summed E-state index contributed by atoms with van der Waals surface area (Å²) in [6, 6.07) is 11.5. The molecule has 6 nitrogen and oxygen atoms in total. The lowest BCUT2D eigenvalue weighted by Gasteiger charge is -2.12. The molecule has 0 aliphatic rings. The number of methoxy groups -OCH3 is 1. The molecule has 0 aromatic heterocycles. The van der Waals surface area contributed by atoms with Gasteiger partial charge in [-0.1, -0.05) is 0 Å². The molecule has 2 aromatic carbocycles. The average molecular weight is 403 g/mol. The van der Waals surface area contributed by atoms with Gasteiger partial charge in [-0.25, -0.2) is 0 Å². The van der Waals surface area contributed by atoms with Gasteiger partial charge in [0.05, 0.1) is 34.8 Å². The van der Waals surface area contributed by atoms with E-state index in [1.807, 2.05) is 13.0 Å². The summed E-state index contributed by atoms with van der Waals surface area (Å²) in [5.74, 6) is 1.14. The molecule has 7 heteroatoms. The smallest absolute Gasteiger partial charge is 0.269 e. The van der Waals surface area contributed by atoms with Crippen LogP contribution in [0.4, 0.5) is 5.69 Å². The maximum Gasteiger partial charge on any atom is 0.269 e. The maximum atomic E-state index is 10.7. The van der Waals surface area contributed by atoms with Gasteiger partial charge in [0, 0.05) is 12.1 Å². The Kier molecular flexibility index (Phi) is 6.14. The normalized spacial score (nSPS) is 10.9. The Morgan fingerprint density at radius 3 is 2.56 bits per heavy atom. The third-order valence-corrected chi connectivity index (χ3v) is 3.95. The SMILES string of the molecule is CCOc1c(Br)cc(/C=C(/C#N)c2ccc([N+](=O)[O-])cc2)cc1OC. The van der Waals surface area contributed by atoms with Crippen molar-refractivity contribution in [3.63, 3.8) is 0 Å². The molecule has 0 saturated carbocycles. The topological polar surface area (TPSA) is 85.4 Å². The number of halogens is 1. The Morgan fingerprint density at radius 2 is 2.04 bits per heavy atom. The molecule has 128 valence electrons. The quantitative estimate of drug-likeness (QED) is 0.299. The lowest BCUT2D eigenvalue weighted by Crippen LogP contribution is -1.97. The van der Waals surface area contributed by atoms with Crippen molar-refractivity contribution in [3.05, 3.63) is 62.1 Å². The molecular weight excluding hydrogens is 388 g/mol. The molecule has 0 amide bonds. The van der Waals surface area contributed by atoms with Crippen molar-refractivity contribution in [2.75, 3.05) is 13.7 Å². The second-order valence-electron chi connectivity index (χ2n) is 4.94. The van der Waals surface area contributed by atoms with Crippen LogP contribution in [0.5, 0.6) is 11.5 Å². The molecular formula is C18H15BrN2O4. The number of rotatable bonds is 6. The van der Waals surface area contributed by atoms with E-state index in [0.717, 1.165) is 5.56 Å². The molecule has 0 unspecified atom stereocenters. The molecule has 0 heterocycles. The first-order valence-corrected chi connectivity index (χ1v) is 8.16. The van der Waals surface area contributed by atoms with E-state index < -0.39 is 4.92 Å². The summed E-state index contributed by atoms with van der Waals surface area (Å²) in [5.41, 5.74) is 1.69. The number of benzene rings is 2. The number of allylic oxidation sites excluding steroid dienone is 1. The third kappa shape index (κ3) is 4.37. The van der Waals surface area contributed by atoms with E-state index in [1.165, 1.54) is 12.1 Å². The molecule has 0 N–H and O–H groups in total. The van der Waals surface area contributed by atoms with E-state index >= 15 is 0 Å². The largest absolute Gasteiger partial charge is 0.493 e. The fraction of sp³-hybridized carbons (Fsp3) is 0.167. The predicted octanol–water partition coefficient (Wildman–Crippen LogP) is 4.83. The molecule has 0 radical (unpaired) electrons. The minimum absolute atomic E-state index is 0.0217. The zero-order valence-corrected chi connectivity index (χ0v) is 15.2. The number of nitro groups is 1. The summed E-state index contributed by atoms with van der Waals surface area (Å²) in [6.07, 6.45) is 1.68. The van der Waals surface area contributed by atoms with E-state index in [9.17, 15) is 15.4 Å². The zero-order chi connectivity index (χ0) is 18.4. The number of nitro benzene ring substituents is 1. The summed E-state index contributed by atoms with van der Waals surface area (Å²) in [5, 5.41) is 20.2. The van der Waals surface area contributed by atoms with Crippen molar-refractivity contribution in [2.45, 2.75) is 6.92 Å². The van der Waals surface area contributed by atoms with Gasteiger partial charge in [-0.15, -0.1) is 0 Å². The van der Waals surface area contributed by atoms with Crippen molar-refractivity contribution < 1.29 is 14.4 Å². The predicted molar refractivity (Wildman–Crippen MR) is 98.4 cm³/mol. The van der Waals surface area contributed by atoms with Crippen LogP contribution in [0.25, 0.3) is 11.6 Å². The Labute approximate surface area is 153 Å². The minimum atomic E-state index is -0.478. The zero-order valence-electron chi connectivity index (χ0n) is 13.7. The molecule has 0 fully saturated rings. The highest BCUT2D eigenvalue weighted by molar-refractivity contribution is 9.10. The van der Waals surface area contributed by atoms with Gasteiger partial charge in [-0.05, 0) is 64.3 Å².